The van der Waals surface area contributed by atoms with Gasteiger partial charge in [0.25, 0.3) is 11.6 Å². The Morgan fingerprint density at radius 1 is 1.21 bits per heavy atom. The molecule has 0 saturated carbocycles. The summed E-state index contributed by atoms with van der Waals surface area (Å²) >= 11 is 0. The Morgan fingerprint density at radius 2 is 1.89 bits per heavy atom. The van der Waals surface area contributed by atoms with Crippen molar-refractivity contribution in [3.05, 3.63) is 63.7 Å². The van der Waals surface area contributed by atoms with Gasteiger partial charge in [-0.25, -0.2) is 0 Å². The van der Waals surface area contributed by atoms with Crippen LogP contribution < -0.4 is 10.2 Å². The zero-order chi connectivity index (χ0) is 20.1. The second-order valence-corrected chi connectivity index (χ2v) is 6.66. The maximum Gasteiger partial charge on any atom is 0.270 e. The summed E-state index contributed by atoms with van der Waals surface area (Å²) in [6.07, 6.45) is 0. The lowest BCUT2D eigenvalue weighted by Crippen LogP contribution is -2.36. The number of morpholine rings is 1. The van der Waals surface area contributed by atoms with Crippen LogP contribution in [0.2, 0.25) is 0 Å². The molecule has 0 bridgehead atoms. The molecule has 1 fully saturated rings. The quantitative estimate of drug-likeness (QED) is 0.609. The highest BCUT2D eigenvalue weighted by atomic mass is 16.6. The third-order valence-electron chi connectivity index (χ3n) is 4.79. The average Bonchev–Trinajstić information content (AvgIpc) is 2.73. The summed E-state index contributed by atoms with van der Waals surface area (Å²) in [5, 5.41) is 14.0. The zero-order valence-corrected chi connectivity index (χ0v) is 16.1. The Balaban J connectivity index is 1.72. The van der Waals surface area contributed by atoms with Crippen LogP contribution in [0.25, 0.3) is 0 Å². The van der Waals surface area contributed by atoms with Crippen LogP contribution in [0.3, 0.4) is 0 Å². The second kappa shape index (κ2) is 8.71. The van der Waals surface area contributed by atoms with Crippen molar-refractivity contribution in [2.75, 3.05) is 50.6 Å². The van der Waals surface area contributed by atoms with Gasteiger partial charge in [-0.3, -0.25) is 14.9 Å². The van der Waals surface area contributed by atoms with Crippen molar-refractivity contribution in [1.82, 2.24) is 4.90 Å². The molecule has 28 heavy (non-hydrogen) atoms. The van der Waals surface area contributed by atoms with E-state index in [1.54, 1.807) is 25.1 Å². The molecule has 3 rings (SSSR count). The van der Waals surface area contributed by atoms with Gasteiger partial charge in [0, 0.05) is 57.2 Å². The van der Waals surface area contributed by atoms with Crippen LogP contribution in [0.1, 0.15) is 15.9 Å². The van der Waals surface area contributed by atoms with Crippen LogP contribution in [0.4, 0.5) is 17.1 Å². The number of nitrogens with one attached hydrogen (secondary N) is 1. The number of rotatable bonds is 6. The second-order valence-electron chi connectivity index (χ2n) is 6.66. The standard InChI is InChI=1S/C20H24N4O4/c1-21-19-8-7-17(24(26)27)13-18(19)20(25)22(2)14-15-3-5-16(6-4-15)23-9-11-28-12-10-23/h3-8,13,21H,9-12,14H2,1-2H3. The van der Waals surface area contributed by atoms with E-state index >= 15 is 0 Å². The molecule has 148 valence electrons. The van der Waals surface area contributed by atoms with Crippen LogP contribution in [0.15, 0.2) is 42.5 Å². The molecule has 0 spiro atoms. The molecule has 8 nitrogen and oxygen atoms in total. The van der Waals surface area contributed by atoms with E-state index in [4.69, 9.17) is 4.74 Å². The summed E-state index contributed by atoms with van der Waals surface area (Å²) in [5.74, 6) is -0.273. The molecule has 1 saturated heterocycles. The molecular weight excluding hydrogens is 360 g/mol. The maximum atomic E-state index is 12.9. The number of hydrogen-bond acceptors (Lipinski definition) is 6. The number of carbonyl (C=O) groups excluding carboxylic acids is 1. The molecule has 1 aliphatic heterocycles. The van der Waals surface area contributed by atoms with Gasteiger partial charge in [-0.05, 0) is 23.8 Å². The van der Waals surface area contributed by atoms with Crippen molar-refractivity contribution in [2.45, 2.75) is 6.54 Å². The highest BCUT2D eigenvalue weighted by Crippen LogP contribution is 2.24. The number of nitro benzene ring substituents is 1. The third kappa shape index (κ3) is 4.40. The summed E-state index contributed by atoms with van der Waals surface area (Å²) < 4.78 is 5.37. The Kier molecular flexibility index (Phi) is 6.10. The van der Waals surface area contributed by atoms with Gasteiger partial charge in [-0.15, -0.1) is 0 Å². The Hall–Kier alpha value is -3.13. The average molecular weight is 384 g/mol. The molecule has 1 N–H and O–H groups in total. The Morgan fingerprint density at radius 3 is 2.50 bits per heavy atom. The number of ether oxygens (including phenoxy) is 1. The lowest BCUT2D eigenvalue weighted by atomic mass is 10.1. The fourth-order valence-electron chi connectivity index (χ4n) is 3.23. The van der Waals surface area contributed by atoms with E-state index in [9.17, 15) is 14.9 Å². The molecule has 0 aromatic heterocycles. The highest BCUT2D eigenvalue weighted by molar-refractivity contribution is 6.00. The predicted molar refractivity (Wildman–Crippen MR) is 108 cm³/mol. The first-order valence-corrected chi connectivity index (χ1v) is 9.13. The van der Waals surface area contributed by atoms with Crippen molar-refractivity contribution in [3.63, 3.8) is 0 Å². The molecule has 2 aromatic rings. The van der Waals surface area contributed by atoms with Crippen LogP contribution in [0, 0.1) is 10.1 Å². The van der Waals surface area contributed by atoms with Gasteiger partial charge in [-0.2, -0.15) is 0 Å². The number of benzene rings is 2. The predicted octanol–water partition coefficient (Wildman–Crippen LogP) is 2.75. The molecule has 8 heteroatoms. The first-order valence-electron chi connectivity index (χ1n) is 9.13. The fourth-order valence-corrected chi connectivity index (χ4v) is 3.23. The summed E-state index contributed by atoms with van der Waals surface area (Å²) in [6.45, 7) is 3.62. The summed E-state index contributed by atoms with van der Waals surface area (Å²) in [4.78, 5) is 27.2. The van der Waals surface area contributed by atoms with Crippen LogP contribution >= 0.6 is 0 Å². The minimum absolute atomic E-state index is 0.106. The normalized spacial score (nSPS) is 13.9. The van der Waals surface area contributed by atoms with Gasteiger partial charge >= 0.3 is 0 Å². The van der Waals surface area contributed by atoms with Gasteiger partial charge in [0.1, 0.15) is 0 Å². The van der Waals surface area contributed by atoms with E-state index in [2.05, 4.69) is 10.2 Å². The molecule has 0 atom stereocenters. The molecule has 2 aromatic carbocycles. The number of nitrogens with zero attached hydrogens (tertiary/aromatic N) is 3. The summed E-state index contributed by atoms with van der Waals surface area (Å²) in [5.41, 5.74) is 2.86. The molecule has 0 aliphatic carbocycles. The minimum Gasteiger partial charge on any atom is -0.387 e. The van der Waals surface area contributed by atoms with Crippen molar-refractivity contribution >= 4 is 23.0 Å². The first kappa shape index (κ1) is 19.6. The molecular formula is C20H24N4O4. The molecule has 1 heterocycles. The van der Waals surface area contributed by atoms with Gasteiger partial charge < -0.3 is 19.9 Å². The summed E-state index contributed by atoms with van der Waals surface area (Å²) in [6, 6.07) is 12.3. The van der Waals surface area contributed by atoms with E-state index in [1.165, 1.54) is 12.1 Å². The summed E-state index contributed by atoms with van der Waals surface area (Å²) in [7, 11) is 3.37. The van der Waals surface area contributed by atoms with E-state index in [0.29, 0.717) is 12.2 Å². The number of anilines is 2. The van der Waals surface area contributed by atoms with Crippen molar-refractivity contribution in [1.29, 1.82) is 0 Å². The van der Waals surface area contributed by atoms with Crippen LogP contribution in [-0.4, -0.2) is 56.1 Å². The van der Waals surface area contributed by atoms with Crippen molar-refractivity contribution in [2.24, 2.45) is 0 Å². The number of amides is 1. The highest BCUT2D eigenvalue weighted by Gasteiger charge is 2.20. The Bertz CT molecular complexity index is 848. The smallest absolute Gasteiger partial charge is 0.270 e. The minimum atomic E-state index is -0.499. The Labute approximate surface area is 163 Å². The number of hydrogen-bond donors (Lipinski definition) is 1. The SMILES string of the molecule is CNc1ccc([N+](=O)[O-])cc1C(=O)N(C)Cc1ccc(N2CCOCC2)cc1. The lowest BCUT2D eigenvalue weighted by Gasteiger charge is -2.29. The largest absolute Gasteiger partial charge is 0.387 e. The van der Waals surface area contributed by atoms with E-state index < -0.39 is 4.92 Å². The maximum absolute atomic E-state index is 12.9. The molecule has 1 amide bonds. The van der Waals surface area contributed by atoms with Gasteiger partial charge in [-0.1, -0.05) is 12.1 Å². The van der Waals surface area contributed by atoms with E-state index in [1.807, 2.05) is 24.3 Å². The molecule has 0 radical (unpaired) electrons. The van der Waals surface area contributed by atoms with Crippen molar-refractivity contribution in [3.8, 4) is 0 Å². The van der Waals surface area contributed by atoms with Crippen molar-refractivity contribution < 1.29 is 14.5 Å². The van der Waals surface area contributed by atoms with E-state index in [-0.39, 0.29) is 17.2 Å². The van der Waals surface area contributed by atoms with E-state index in [0.717, 1.165) is 37.6 Å². The topological polar surface area (TPSA) is 88.0 Å². The number of non-ortho nitro benzene ring substituents is 1. The number of nitro groups is 1. The van der Waals surface area contributed by atoms with Gasteiger partial charge in [0.15, 0.2) is 0 Å². The van der Waals surface area contributed by atoms with Crippen LogP contribution in [0.5, 0.6) is 0 Å². The lowest BCUT2D eigenvalue weighted by molar-refractivity contribution is -0.384. The van der Waals surface area contributed by atoms with Gasteiger partial charge in [0.05, 0.1) is 23.7 Å². The first-order chi connectivity index (χ1) is 13.5. The fraction of sp³-hybridized carbons (Fsp3) is 0.350. The zero-order valence-electron chi connectivity index (χ0n) is 16.1. The molecule has 0 unspecified atom stereocenters. The molecule has 1 aliphatic rings. The monoisotopic (exact) mass is 384 g/mol. The van der Waals surface area contributed by atoms with Gasteiger partial charge in [0.2, 0.25) is 0 Å². The third-order valence-corrected chi connectivity index (χ3v) is 4.79. The van der Waals surface area contributed by atoms with Crippen LogP contribution in [-0.2, 0) is 11.3 Å². The number of carbonyl (C=O) groups is 1.